The number of nitrogens with one attached hydrogen (secondary N) is 1. The molecule has 0 amide bonds. The van der Waals surface area contributed by atoms with Gasteiger partial charge < -0.3 is 15.3 Å². The van der Waals surface area contributed by atoms with E-state index < -0.39 is 0 Å². The number of benzene rings is 1. The van der Waals surface area contributed by atoms with Crippen LogP contribution in [-0.2, 0) is 6.54 Å². The molecule has 1 aromatic rings. The Kier molecular flexibility index (Phi) is 4.43. The van der Waals surface area contributed by atoms with E-state index in [1.165, 1.54) is 0 Å². The number of rotatable bonds is 5. The van der Waals surface area contributed by atoms with Crippen LogP contribution in [0, 0.1) is 0 Å². The minimum atomic E-state index is 0.379. The predicted octanol–water partition coefficient (Wildman–Crippen LogP) is 1.04. The van der Waals surface area contributed by atoms with Crippen molar-refractivity contribution in [2.75, 3.05) is 27.2 Å². The van der Waals surface area contributed by atoms with Crippen molar-refractivity contribution >= 4 is 0 Å². The molecule has 0 aromatic heterocycles. The van der Waals surface area contributed by atoms with Gasteiger partial charge >= 0.3 is 0 Å². The van der Waals surface area contributed by atoms with Crippen molar-refractivity contribution in [1.82, 2.24) is 10.2 Å². The van der Waals surface area contributed by atoms with Crippen LogP contribution in [-0.4, -0.2) is 37.2 Å². The third-order valence-electron chi connectivity index (χ3n) is 2.18. The lowest BCUT2D eigenvalue weighted by atomic mass is 10.2. The molecule has 1 rings (SSSR count). The van der Waals surface area contributed by atoms with Gasteiger partial charge in [-0.25, -0.2) is 0 Å². The minimum Gasteiger partial charge on any atom is -0.508 e. The van der Waals surface area contributed by atoms with Crippen LogP contribution in [0.25, 0.3) is 0 Å². The third-order valence-corrected chi connectivity index (χ3v) is 2.18. The zero-order chi connectivity index (χ0) is 10.4. The fraction of sp³-hybridized carbons (Fsp3) is 0.455. The highest BCUT2D eigenvalue weighted by Crippen LogP contribution is 2.16. The Morgan fingerprint density at radius 1 is 1.36 bits per heavy atom. The van der Waals surface area contributed by atoms with Crippen molar-refractivity contribution in [3.05, 3.63) is 29.8 Å². The summed E-state index contributed by atoms with van der Waals surface area (Å²) in [5.41, 5.74) is 0.978. The molecular formula is C11H18N2O. The van der Waals surface area contributed by atoms with Crippen LogP contribution in [0.2, 0.25) is 0 Å². The topological polar surface area (TPSA) is 35.5 Å². The average molecular weight is 194 g/mol. The number of hydrogen-bond donors (Lipinski definition) is 2. The Morgan fingerprint density at radius 2 is 2.07 bits per heavy atom. The molecule has 3 nitrogen and oxygen atoms in total. The Hall–Kier alpha value is -1.06. The number of phenolic OH excluding ortho intramolecular Hbond substituents is 1. The molecule has 14 heavy (non-hydrogen) atoms. The molecule has 0 saturated heterocycles. The molecule has 0 aliphatic carbocycles. The maximum absolute atomic E-state index is 9.54. The summed E-state index contributed by atoms with van der Waals surface area (Å²) in [7, 11) is 3.98. The van der Waals surface area contributed by atoms with Gasteiger partial charge in [0.2, 0.25) is 0 Å². The molecule has 0 bridgehead atoms. The summed E-state index contributed by atoms with van der Waals surface area (Å²) in [6.07, 6.45) is 0. The molecule has 0 aliphatic rings. The molecule has 1 aromatic carbocycles. The highest BCUT2D eigenvalue weighted by atomic mass is 16.3. The molecule has 0 heterocycles. The monoisotopic (exact) mass is 194 g/mol. The summed E-state index contributed by atoms with van der Waals surface area (Å²) < 4.78 is 0. The molecule has 0 aliphatic heterocycles. The van der Waals surface area contributed by atoms with E-state index in [0.717, 1.165) is 25.2 Å². The zero-order valence-corrected chi connectivity index (χ0v) is 8.83. The van der Waals surface area contributed by atoms with Gasteiger partial charge in [0.1, 0.15) is 5.75 Å². The first kappa shape index (κ1) is 11.0. The number of hydrogen-bond acceptors (Lipinski definition) is 3. The van der Waals surface area contributed by atoms with Crippen molar-refractivity contribution in [3.8, 4) is 5.75 Å². The highest BCUT2D eigenvalue weighted by Gasteiger charge is 2.02. The summed E-state index contributed by atoms with van der Waals surface area (Å²) in [6, 6.07) is 7.46. The maximum atomic E-state index is 9.54. The van der Waals surface area contributed by atoms with Crippen LogP contribution in [0.3, 0.4) is 0 Å². The second-order valence-electron chi connectivity index (χ2n) is 3.47. The van der Waals surface area contributed by atoms with Gasteiger partial charge in [0, 0.05) is 25.2 Å². The predicted molar refractivity (Wildman–Crippen MR) is 58.4 cm³/mol. The lowest BCUT2D eigenvalue weighted by Crippen LogP contribution is -2.26. The molecule has 0 unspecified atom stereocenters. The normalized spacial score (nSPS) is 10.8. The lowest BCUT2D eigenvalue weighted by molar-refractivity contribution is 0.321. The van der Waals surface area contributed by atoms with Gasteiger partial charge in [0.05, 0.1) is 0 Å². The number of nitrogens with zero attached hydrogens (tertiary/aromatic N) is 1. The van der Waals surface area contributed by atoms with E-state index >= 15 is 0 Å². The van der Waals surface area contributed by atoms with Crippen LogP contribution < -0.4 is 5.32 Å². The van der Waals surface area contributed by atoms with Crippen molar-refractivity contribution in [1.29, 1.82) is 0 Å². The van der Waals surface area contributed by atoms with E-state index in [1.807, 2.05) is 32.3 Å². The quantitative estimate of drug-likeness (QED) is 0.735. The molecule has 3 heteroatoms. The molecule has 0 atom stereocenters. The number of likely N-dealkylation sites (N-methyl/N-ethyl adjacent to an activating group) is 2. The maximum Gasteiger partial charge on any atom is 0.120 e. The van der Waals surface area contributed by atoms with E-state index in [9.17, 15) is 5.11 Å². The number of phenols is 1. The molecule has 0 radical (unpaired) electrons. The van der Waals surface area contributed by atoms with E-state index in [4.69, 9.17) is 0 Å². The van der Waals surface area contributed by atoms with E-state index in [1.54, 1.807) is 6.07 Å². The summed E-state index contributed by atoms with van der Waals surface area (Å²) in [5.74, 6) is 0.379. The van der Waals surface area contributed by atoms with Crippen molar-refractivity contribution < 1.29 is 5.11 Å². The van der Waals surface area contributed by atoms with Gasteiger partial charge in [-0.1, -0.05) is 18.2 Å². The van der Waals surface area contributed by atoms with E-state index in [-0.39, 0.29) is 0 Å². The Bertz CT molecular complexity index is 276. The van der Waals surface area contributed by atoms with Crippen molar-refractivity contribution in [3.63, 3.8) is 0 Å². The first-order valence-corrected chi connectivity index (χ1v) is 4.84. The Labute approximate surface area is 85.4 Å². The van der Waals surface area contributed by atoms with Crippen LogP contribution >= 0.6 is 0 Å². The average Bonchev–Trinajstić information content (AvgIpc) is 2.18. The van der Waals surface area contributed by atoms with Crippen LogP contribution in [0.4, 0.5) is 0 Å². The van der Waals surface area contributed by atoms with Gasteiger partial charge in [-0.15, -0.1) is 0 Å². The van der Waals surface area contributed by atoms with Gasteiger partial charge in [-0.05, 0) is 20.2 Å². The number of aromatic hydroxyl groups is 1. The Balaban J connectivity index is 2.47. The molecule has 2 N–H and O–H groups in total. The summed E-state index contributed by atoms with van der Waals surface area (Å²) in [6.45, 7) is 2.73. The first-order chi connectivity index (χ1) is 6.74. The van der Waals surface area contributed by atoms with E-state index in [2.05, 4.69) is 10.2 Å². The SMILES string of the molecule is CNCCN(C)Cc1ccccc1O. The van der Waals surface area contributed by atoms with Gasteiger partial charge in [0.15, 0.2) is 0 Å². The van der Waals surface area contributed by atoms with Crippen molar-refractivity contribution in [2.24, 2.45) is 0 Å². The summed E-state index contributed by atoms with van der Waals surface area (Å²) in [5, 5.41) is 12.6. The van der Waals surface area contributed by atoms with Gasteiger partial charge in [-0.2, -0.15) is 0 Å². The van der Waals surface area contributed by atoms with E-state index in [0.29, 0.717) is 5.75 Å². The zero-order valence-electron chi connectivity index (χ0n) is 8.83. The molecular weight excluding hydrogens is 176 g/mol. The fourth-order valence-electron chi connectivity index (χ4n) is 1.32. The third kappa shape index (κ3) is 3.36. The lowest BCUT2D eigenvalue weighted by Gasteiger charge is -2.16. The minimum absolute atomic E-state index is 0.379. The first-order valence-electron chi connectivity index (χ1n) is 4.84. The second kappa shape index (κ2) is 5.62. The number of para-hydroxylation sites is 1. The van der Waals surface area contributed by atoms with Gasteiger partial charge in [0.25, 0.3) is 0 Å². The molecule has 78 valence electrons. The fourth-order valence-corrected chi connectivity index (χ4v) is 1.32. The summed E-state index contributed by atoms with van der Waals surface area (Å²) >= 11 is 0. The molecule has 0 spiro atoms. The standard InChI is InChI=1S/C11H18N2O/c1-12-7-8-13(2)9-10-5-3-4-6-11(10)14/h3-6,12,14H,7-9H2,1-2H3. The Morgan fingerprint density at radius 3 is 2.71 bits per heavy atom. The van der Waals surface area contributed by atoms with Crippen LogP contribution in [0.15, 0.2) is 24.3 Å². The largest absolute Gasteiger partial charge is 0.508 e. The molecule has 0 saturated carbocycles. The molecule has 0 fully saturated rings. The second-order valence-corrected chi connectivity index (χ2v) is 3.47. The smallest absolute Gasteiger partial charge is 0.120 e. The van der Waals surface area contributed by atoms with Crippen LogP contribution in [0.5, 0.6) is 5.75 Å². The highest BCUT2D eigenvalue weighted by molar-refractivity contribution is 5.31. The van der Waals surface area contributed by atoms with Crippen LogP contribution in [0.1, 0.15) is 5.56 Å². The van der Waals surface area contributed by atoms with Gasteiger partial charge in [-0.3, -0.25) is 0 Å². The summed E-state index contributed by atoms with van der Waals surface area (Å²) in [4.78, 5) is 2.17. The van der Waals surface area contributed by atoms with Crippen molar-refractivity contribution in [2.45, 2.75) is 6.54 Å².